The Hall–Kier alpha value is -1.89. The second-order valence-corrected chi connectivity index (χ2v) is 6.64. The highest BCUT2D eigenvalue weighted by Gasteiger charge is 2.20. The fourth-order valence-corrected chi connectivity index (χ4v) is 3.10. The summed E-state index contributed by atoms with van der Waals surface area (Å²) in [4.78, 5) is 9.38. The zero-order valence-corrected chi connectivity index (χ0v) is 17.8. The van der Waals surface area contributed by atoms with Gasteiger partial charge in [-0.15, -0.1) is 35.3 Å². The van der Waals surface area contributed by atoms with Gasteiger partial charge in [-0.2, -0.15) is 8.78 Å². The highest BCUT2D eigenvalue weighted by atomic mass is 127. The highest BCUT2D eigenvalue weighted by Crippen LogP contribution is 2.38. The lowest BCUT2D eigenvalue weighted by Crippen LogP contribution is -2.36. The fraction of sp³-hybridized carbons (Fsp3) is 0.375. The van der Waals surface area contributed by atoms with E-state index in [1.54, 1.807) is 30.6 Å². The molecule has 1 aromatic carbocycles. The molecular formula is C16H19F2IN4O3S. The van der Waals surface area contributed by atoms with Crippen LogP contribution in [0.3, 0.4) is 0 Å². The van der Waals surface area contributed by atoms with Gasteiger partial charge in [0.2, 0.25) is 6.79 Å². The van der Waals surface area contributed by atoms with Crippen molar-refractivity contribution < 1.29 is 23.0 Å². The molecule has 1 aliphatic rings. The minimum absolute atomic E-state index is 0. The summed E-state index contributed by atoms with van der Waals surface area (Å²) in [5.41, 5.74) is 0.506. The normalized spacial score (nSPS) is 12.7. The van der Waals surface area contributed by atoms with Gasteiger partial charge in [-0.3, -0.25) is 4.99 Å². The van der Waals surface area contributed by atoms with E-state index in [2.05, 4.69) is 25.3 Å². The first-order chi connectivity index (χ1) is 12.5. The number of hydrogen-bond donors (Lipinski definition) is 2. The largest absolute Gasteiger partial charge is 0.454 e. The first-order valence-electron chi connectivity index (χ1n) is 7.78. The number of aromatic nitrogens is 1. The van der Waals surface area contributed by atoms with Crippen LogP contribution in [-0.4, -0.2) is 31.4 Å². The van der Waals surface area contributed by atoms with Crippen LogP contribution in [0.5, 0.6) is 17.2 Å². The first kappa shape index (κ1) is 21.4. The molecule has 11 heteroatoms. The molecule has 3 rings (SSSR count). The van der Waals surface area contributed by atoms with Crippen LogP contribution in [-0.2, 0) is 13.1 Å². The molecule has 2 N–H and O–H groups in total. The molecule has 1 aromatic heterocycles. The van der Waals surface area contributed by atoms with E-state index in [1.165, 1.54) is 6.07 Å². The van der Waals surface area contributed by atoms with Gasteiger partial charge in [0.15, 0.2) is 17.5 Å². The molecule has 0 atom stereocenters. The zero-order valence-electron chi connectivity index (χ0n) is 14.6. The highest BCUT2D eigenvalue weighted by molar-refractivity contribution is 14.0. The molecule has 0 aliphatic carbocycles. The van der Waals surface area contributed by atoms with Crippen LogP contribution in [0.15, 0.2) is 23.3 Å². The summed E-state index contributed by atoms with van der Waals surface area (Å²) in [6, 6.07) is 3.02. The number of alkyl halides is 2. The van der Waals surface area contributed by atoms with Crippen molar-refractivity contribution in [3.8, 4) is 17.2 Å². The number of hydrogen-bond acceptors (Lipinski definition) is 6. The van der Waals surface area contributed by atoms with E-state index in [1.807, 2.05) is 6.92 Å². The van der Waals surface area contributed by atoms with Crippen LogP contribution in [0, 0.1) is 6.92 Å². The number of thiazole rings is 1. The van der Waals surface area contributed by atoms with Crippen molar-refractivity contribution in [1.29, 1.82) is 0 Å². The third kappa shape index (κ3) is 5.79. The second kappa shape index (κ2) is 9.88. The molecule has 1 aliphatic heterocycles. The topological polar surface area (TPSA) is 77.0 Å². The number of benzene rings is 1. The van der Waals surface area contributed by atoms with Gasteiger partial charge < -0.3 is 24.8 Å². The number of nitrogens with one attached hydrogen (secondary N) is 2. The summed E-state index contributed by atoms with van der Waals surface area (Å²) >= 11 is 1.59. The van der Waals surface area contributed by atoms with Crippen molar-refractivity contribution in [3.05, 3.63) is 33.8 Å². The zero-order chi connectivity index (χ0) is 18.5. The molecule has 27 heavy (non-hydrogen) atoms. The van der Waals surface area contributed by atoms with Crippen molar-refractivity contribution in [3.63, 3.8) is 0 Å². The molecule has 148 valence electrons. The van der Waals surface area contributed by atoms with E-state index in [0.29, 0.717) is 29.6 Å². The minimum Gasteiger partial charge on any atom is -0.454 e. The Kier molecular flexibility index (Phi) is 7.83. The number of nitrogens with zero attached hydrogens (tertiary/aromatic N) is 2. The third-order valence-electron chi connectivity index (χ3n) is 3.54. The molecule has 0 bridgehead atoms. The summed E-state index contributed by atoms with van der Waals surface area (Å²) in [6.07, 6.45) is 1.80. The number of fused-ring (bicyclic) bond motifs is 1. The van der Waals surface area contributed by atoms with Crippen LogP contribution in [0.1, 0.15) is 15.4 Å². The molecule has 0 amide bonds. The molecule has 0 saturated heterocycles. The Balaban J connectivity index is 0.00000261. The smallest absolute Gasteiger partial charge is 0.387 e. The maximum atomic E-state index is 12.7. The van der Waals surface area contributed by atoms with Crippen molar-refractivity contribution in [1.82, 2.24) is 15.6 Å². The van der Waals surface area contributed by atoms with E-state index in [9.17, 15) is 8.78 Å². The maximum absolute atomic E-state index is 12.7. The van der Waals surface area contributed by atoms with Gasteiger partial charge >= 0.3 is 6.61 Å². The SMILES string of the molecule is CN=C(NCc1cnc(C)s1)NCc1cc2c(cc1OC(F)F)OCO2.I. The molecule has 0 spiro atoms. The number of aryl methyl sites for hydroxylation is 1. The lowest BCUT2D eigenvalue weighted by Gasteiger charge is -2.15. The van der Waals surface area contributed by atoms with Crippen molar-refractivity contribution in [2.45, 2.75) is 26.6 Å². The van der Waals surface area contributed by atoms with Crippen LogP contribution in [0.4, 0.5) is 8.78 Å². The summed E-state index contributed by atoms with van der Waals surface area (Å²) in [7, 11) is 1.63. The average molecular weight is 512 g/mol. The van der Waals surface area contributed by atoms with E-state index in [4.69, 9.17) is 9.47 Å². The molecular weight excluding hydrogens is 493 g/mol. The predicted molar refractivity (Wildman–Crippen MR) is 109 cm³/mol. The minimum atomic E-state index is -2.93. The van der Waals surface area contributed by atoms with Crippen LogP contribution < -0.4 is 24.8 Å². The maximum Gasteiger partial charge on any atom is 0.387 e. The standard InChI is InChI=1S/C16H18F2N4O3S.HI/c1-9-20-6-11(26-9)7-22-16(19-2)21-5-10-3-13-14(24-8-23-13)4-12(10)25-15(17)18;/h3-4,6,15H,5,7-8H2,1-2H3,(H2,19,21,22);1H. The predicted octanol–water partition coefficient (Wildman–Crippen LogP) is 3.26. The third-order valence-corrected chi connectivity index (χ3v) is 4.45. The van der Waals surface area contributed by atoms with Crippen LogP contribution in [0.25, 0.3) is 0 Å². The number of guanidine groups is 1. The average Bonchev–Trinajstić information content (AvgIpc) is 3.22. The van der Waals surface area contributed by atoms with Gasteiger partial charge in [-0.1, -0.05) is 0 Å². The molecule has 0 fully saturated rings. The van der Waals surface area contributed by atoms with Gasteiger partial charge in [-0.05, 0) is 13.0 Å². The molecule has 0 unspecified atom stereocenters. The molecule has 7 nitrogen and oxygen atoms in total. The van der Waals surface area contributed by atoms with E-state index < -0.39 is 6.61 Å². The van der Waals surface area contributed by atoms with Crippen molar-refractivity contribution in [2.24, 2.45) is 4.99 Å². The number of halogens is 3. The van der Waals surface area contributed by atoms with Gasteiger partial charge in [0.1, 0.15) is 5.75 Å². The Morgan fingerprint density at radius 2 is 2.00 bits per heavy atom. The molecule has 0 saturated carbocycles. The monoisotopic (exact) mass is 512 g/mol. The molecule has 0 radical (unpaired) electrons. The van der Waals surface area contributed by atoms with Crippen molar-refractivity contribution in [2.75, 3.05) is 13.8 Å². The van der Waals surface area contributed by atoms with E-state index in [-0.39, 0.29) is 43.1 Å². The van der Waals surface area contributed by atoms with Gasteiger partial charge in [0.25, 0.3) is 0 Å². The van der Waals surface area contributed by atoms with Crippen molar-refractivity contribution >= 4 is 41.3 Å². The lowest BCUT2D eigenvalue weighted by molar-refractivity contribution is -0.0505. The quantitative estimate of drug-likeness (QED) is 0.352. The van der Waals surface area contributed by atoms with E-state index >= 15 is 0 Å². The van der Waals surface area contributed by atoms with Gasteiger partial charge in [0.05, 0.1) is 11.6 Å². The number of aliphatic imine (C=N–C) groups is 1. The molecule has 2 heterocycles. The number of rotatable bonds is 6. The number of ether oxygens (including phenoxy) is 3. The Bertz CT molecular complexity index is 804. The first-order valence-corrected chi connectivity index (χ1v) is 8.60. The Morgan fingerprint density at radius 1 is 1.30 bits per heavy atom. The van der Waals surface area contributed by atoms with E-state index in [0.717, 1.165) is 9.88 Å². The Labute approximate surface area is 176 Å². The summed E-state index contributed by atoms with van der Waals surface area (Å²) in [5.74, 6) is 1.43. The summed E-state index contributed by atoms with van der Waals surface area (Å²) in [5, 5.41) is 7.20. The summed E-state index contributed by atoms with van der Waals surface area (Å²) < 4.78 is 40.4. The van der Waals surface area contributed by atoms with Crippen LogP contribution in [0.2, 0.25) is 0 Å². The van der Waals surface area contributed by atoms with Gasteiger partial charge in [-0.25, -0.2) is 4.98 Å². The lowest BCUT2D eigenvalue weighted by atomic mass is 10.1. The molecule has 2 aromatic rings. The Morgan fingerprint density at radius 3 is 2.63 bits per heavy atom. The second-order valence-electron chi connectivity index (χ2n) is 5.32. The fourth-order valence-electron chi connectivity index (χ4n) is 2.37. The summed E-state index contributed by atoms with van der Waals surface area (Å²) in [6.45, 7) is -0.156. The van der Waals surface area contributed by atoms with Crippen LogP contribution >= 0.6 is 35.3 Å². The van der Waals surface area contributed by atoms with Gasteiger partial charge in [0, 0.05) is 36.3 Å².